The summed E-state index contributed by atoms with van der Waals surface area (Å²) in [6.45, 7) is 3.74. The molecule has 1 heterocycles. The summed E-state index contributed by atoms with van der Waals surface area (Å²) in [4.78, 5) is 5.31. The van der Waals surface area contributed by atoms with Crippen LogP contribution in [-0.2, 0) is 4.84 Å². The molecule has 0 saturated carbocycles. The molecule has 0 amide bonds. The third-order valence-electron chi connectivity index (χ3n) is 3.19. The molecule has 16 heavy (non-hydrogen) atoms. The molecule has 1 aliphatic rings. The number of nitrogens with zero attached hydrogens (tertiary/aromatic N) is 1. The predicted octanol–water partition coefficient (Wildman–Crippen LogP) is 2.34. The lowest BCUT2D eigenvalue weighted by Gasteiger charge is -2.26. The van der Waals surface area contributed by atoms with Crippen molar-refractivity contribution in [2.24, 2.45) is 5.16 Å². The molecule has 1 N–H and O–H groups in total. The summed E-state index contributed by atoms with van der Waals surface area (Å²) >= 11 is 0. The van der Waals surface area contributed by atoms with Crippen LogP contribution in [0.15, 0.2) is 35.5 Å². The van der Waals surface area contributed by atoms with Gasteiger partial charge in [-0.1, -0.05) is 42.4 Å². The van der Waals surface area contributed by atoms with Crippen molar-refractivity contribution < 1.29 is 9.94 Å². The molecule has 2 atom stereocenters. The van der Waals surface area contributed by atoms with E-state index in [1.54, 1.807) is 6.92 Å². The van der Waals surface area contributed by atoms with Crippen LogP contribution in [0.4, 0.5) is 0 Å². The zero-order valence-corrected chi connectivity index (χ0v) is 9.68. The van der Waals surface area contributed by atoms with Gasteiger partial charge >= 0.3 is 0 Å². The van der Waals surface area contributed by atoms with Gasteiger partial charge in [0, 0.05) is 6.42 Å². The molecule has 0 unspecified atom stereocenters. The molecule has 0 radical (unpaired) electrons. The third-order valence-corrected chi connectivity index (χ3v) is 3.19. The number of benzene rings is 1. The number of oxime groups is 1. The van der Waals surface area contributed by atoms with E-state index in [0.29, 0.717) is 12.8 Å². The quantitative estimate of drug-likeness (QED) is 0.847. The maximum absolute atomic E-state index is 10.1. The summed E-state index contributed by atoms with van der Waals surface area (Å²) in [5.41, 5.74) is 1.18. The van der Waals surface area contributed by atoms with E-state index < -0.39 is 5.60 Å². The van der Waals surface area contributed by atoms with E-state index in [9.17, 15) is 5.11 Å². The monoisotopic (exact) mass is 219 g/mol. The van der Waals surface area contributed by atoms with Gasteiger partial charge in [0.25, 0.3) is 0 Å². The van der Waals surface area contributed by atoms with Gasteiger partial charge in [-0.2, -0.15) is 0 Å². The molecule has 1 aliphatic heterocycles. The van der Waals surface area contributed by atoms with Crippen LogP contribution >= 0.6 is 0 Å². The number of aliphatic hydroxyl groups is 1. The van der Waals surface area contributed by atoms with E-state index in [1.807, 2.05) is 37.3 Å². The van der Waals surface area contributed by atoms with Crippen molar-refractivity contribution in [1.82, 2.24) is 0 Å². The van der Waals surface area contributed by atoms with Gasteiger partial charge in [0.15, 0.2) is 6.10 Å². The average Bonchev–Trinajstić information content (AvgIpc) is 2.80. The van der Waals surface area contributed by atoms with Crippen molar-refractivity contribution in [3.63, 3.8) is 0 Å². The maximum Gasteiger partial charge on any atom is 0.161 e. The number of hydrogen-bond acceptors (Lipinski definition) is 3. The van der Waals surface area contributed by atoms with E-state index >= 15 is 0 Å². The topological polar surface area (TPSA) is 41.8 Å². The van der Waals surface area contributed by atoms with E-state index in [4.69, 9.17) is 4.84 Å². The van der Waals surface area contributed by atoms with Gasteiger partial charge in [-0.25, -0.2) is 0 Å². The highest BCUT2D eigenvalue weighted by atomic mass is 16.7. The molecule has 1 aromatic rings. The first kappa shape index (κ1) is 11.1. The fourth-order valence-electron chi connectivity index (χ4n) is 1.74. The third kappa shape index (κ3) is 2.09. The Morgan fingerprint density at radius 3 is 2.75 bits per heavy atom. The van der Waals surface area contributed by atoms with Gasteiger partial charge in [-0.05, 0) is 18.9 Å². The minimum atomic E-state index is -0.806. The van der Waals surface area contributed by atoms with Gasteiger partial charge in [0.05, 0.1) is 5.71 Å². The van der Waals surface area contributed by atoms with Crippen molar-refractivity contribution in [1.29, 1.82) is 0 Å². The maximum atomic E-state index is 10.1. The summed E-state index contributed by atoms with van der Waals surface area (Å²) in [5.74, 6) is 0. The zero-order chi connectivity index (χ0) is 11.6. The summed E-state index contributed by atoms with van der Waals surface area (Å²) in [7, 11) is 0. The molecule has 0 aromatic heterocycles. The fraction of sp³-hybridized carbons (Fsp3) is 0.462. The first-order valence-electron chi connectivity index (χ1n) is 5.64. The SMILES string of the molecule is CC[C@](C)(O)[C@@H]1CC(c2ccccc2)=NO1. The van der Waals surface area contributed by atoms with Gasteiger partial charge in [-0.15, -0.1) is 0 Å². The van der Waals surface area contributed by atoms with Crippen molar-refractivity contribution in [3.8, 4) is 0 Å². The van der Waals surface area contributed by atoms with Gasteiger partial charge in [0.1, 0.15) is 5.60 Å². The smallest absolute Gasteiger partial charge is 0.161 e. The Kier molecular flexibility index (Phi) is 2.97. The van der Waals surface area contributed by atoms with Crippen LogP contribution in [0, 0.1) is 0 Å². The highest BCUT2D eigenvalue weighted by Gasteiger charge is 2.37. The Hall–Kier alpha value is -1.35. The molecule has 0 bridgehead atoms. The van der Waals surface area contributed by atoms with Gasteiger partial charge < -0.3 is 9.94 Å². The Morgan fingerprint density at radius 1 is 1.44 bits per heavy atom. The molecule has 86 valence electrons. The normalized spacial score (nSPS) is 23.4. The second-order valence-corrected chi connectivity index (χ2v) is 4.41. The van der Waals surface area contributed by atoms with Crippen LogP contribution in [0.5, 0.6) is 0 Å². The van der Waals surface area contributed by atoms with Crippen molar-refractivity contribution in [2.45, 2.75) is 38.4 Å². The molecule has 0 fully saturated rings. The van der Waals surface area contributed by atoms with Crippen LogP contribution in [0.1, 0.15) is 32.3 Å². The largest absolute Gasteiger partial charge is 0.389 e. The summed E-state index contributed by atoms with van der Waals surface area (Å²) in [6.07, 6.45) is 1.10. The second-order valence-electron chi connectivity index (χ2n) is 4.41. The standard InChI is InChI=1S/C13H17NO2/c1-3-13(2,15)12-9-11(14-16-12)10-7-5-4-6-8-10/h4-8,12,15H,3,9H2,1-2H3/t12-,13-/m0/s1. The molecular weight excluding hydrogens is 202 g/mol. The summed E-state index contributed by atoms with van der Waals surface area (Å²) in [6, 6.07) is 9.93. The number of rotatable bonds is 3. The van der Waals surface area contributed by atoms with Crippen LogP contribution in [-0.4, -0.2) is 22.5 Å². The highest BCUT2D eigenvalue weighted by Crippen LogP contribution is 2.27. The average molecular weight is 219 g/mol. The van der Waals surface area contributed by atoms with Gasteiger partial charge in [0.2, 0.25) is 0 Å². The Balaban J connectivity index is 2.09. The molecule has 2 rings (SSSR count). The van der Waals surface area contributed by atoms with E-state index in [2.05, 4.69) is 5.16 Å². The number of hydrogen-bond donors (Lipinski definition) is 1. The minimum absolute atomic E-state index is 0.229. The molecular formula is C13H17NO2. The molecule has 0 spiro atoms. The Morgan fingerprint density at radius 2 is 2.12 bits per heavy atom. The first-order valence-corrected chi connectivity index (χ1v) is 5.64. The van der Waals surface area contributed by atoms with Crippen molar-refractivity contribution in [2.75, 3.05) is 0 Å². The molecule has 0 saturated heterocycles. The molecule has 3 nitrogen and oxygen atoms in total. The molecule has 3 heteroatoms. The second kappa shape index (κ2) is 4.26. The van der Waals surface area contributed by atoms with Crippen LogP contribution in [0.2, 0.25) is 0 Å². The zero-order valence-electron chi connectivity index (χ0n) is 9.68. The van der Waals surface area contributed by atoms with Gasteiger partial charge in [-0.3, -0.25) is 0 Å². The minimum Gasteiger partial charge on any atom is -0.389 e. The lowest BCUT2D eigenvalue weighted by atomic mass is 9.91. The highest BCUT2D eigenvalue weighted by molar-refractivity contribution is 6.01. The van der Waals surface area contributed by atoms with E-state index in [0.717, 1.165) is 11.3 Å². The molecule has 0 aliphatic carbocycles. The van der Waals surface area contributed by atoms with Crippen LogP contribution < -0.4 is 0 Å². The first-order chi connectivity index (χ1) is 7.63. The van der Waals surface area contributed by atoms with E-state index in [-0.39, 0.29) is 6.10 Å². The molecule has 1 aromatic carbocycles. The Bertz CT molecular complexity index is 384. The van der Waals surface area contributed by atoms with Crippen LogP contribution in [0.25, 0.3) is 0 Å². The lowest BCUT2D eigenvalue weighted by Crippen LogP contribution is -2.38. The summed E-state index contributed by atoms with van der Waals surface area (Å²) < 4.78 is 0. The Labute approximate surface area is 95.7 Å². The predicted molar refractivity (Wildman–Crippen MR) is 63.4 cm³/mol. The van der Waals surface area contributed by atoms with Crippen molar-refractivity contribution >= 4 is 5.71 Å². The van der Waals surface area contributed by atoms with Crippen LogP contribution in [0.3, 0.4) is 0 Å². The summed E-state index contributed by atoms with van der Waals surface area (Å²) in [5, 5.41) is 14.1. The van der Waals surface area contributed by atoms with Crippen molar-refractivity contribution in [3.05, 3.63) is 35.9 Å². The fourth-order valence-corrected chi connectivity index (χ4v) is 1.74. The lowest BCUT2D eigenvalue weighted by molar-refractivity contribution is -0.0854. The van der Waals surface area contributed by atoms with E-state index in [1.165, 1.54) is 0 Å².